The Hall–Kier alpha value is -2.49. The van der Waals surface area contributed by atoms with E-state index in [1.807, 2.05) is 25.1 Å². The third-order valence-electron chi connectivity index (χ3n) is 3.60. The molecule has 108 valence electrons. The third kappa shape index (κ3) is 2.44. The van der Waals surface area contributed by atoms with E-state index in [2.05, 4.69) is 5.32 Å². The van der Waals surface area contributed by atoms with Crippen molar-refractivity contribution in [3.63, 3.8) is 0 Å². The molecular formula is C17H17NO3. The first kappa shape index (κ1) is 13.5. The summed E-state index contributed by atoms with van der Waals surface area (Å²) in [5.41, 5.74) is 3.02. The van der Waals surface area contributed by atoms with Crippen molar-refractivity contribution in [2.24, 2.45) is 0 Å². The van der Waals surface area contributed by atoms with E-state index in [1.165, 1.54) is 0 Å². The minimum atomic E-state index is -0.0318. The number of benzene rings is 2. The highest BCUT2D eigenvalue weighted by atomic mass is 16.5. The Morgan fingerprint density at radius 1 is 1.24 bits per heavy atom. The molecular weight excluding hydrogens is 266 g/mol. The molecule has 4 heteroatoms. The second-order valence-corrected chi connectivity index (χ2v) is 4.97. The summed E-state index contributed by atoms with van der Waals surface area (Å²) < 4.78 is 10.9. The van der Waals surface area contributed by atoms with Crippen LogP contribution in [0.15, 0.2) is 36.4 Å². The molecule has 0 unspecified atom stereocenters. The number of carbonyl (C=O) groups is 1. The summed E-state index contributed by atoms with van der Waals surface area (Å²) in [5, 5.41) is 3.24. The third-order valence-corrected chi connectivity index (χ3v) is 3.60. The van der Waals surface area contributed by atoms with Crippen LogP contribution >= 0.6 is 0 Å². The Morgan fingerprint density at radius 3 is 2.86 bits per heavy atom. The van der Waals surface area contributed by atoms with E-state index in [1.54, 1.807) is 25.3 Å². The largest absolute Gasteiger partial charge is 0.497 e. The van der Waals surface area contributed by atoms with E-state index in [4.69, 9.17) is 9.47 Å². The van der Waals surface area contributed by atoms with Crippen LogP contribution in [0.1, 0.15) is 21.5 Å². The molecule has 0 bridgehead atoms. The molecule has 1 aliphatic rings. The predicted octanol–water partition coefficient (Wildman–Crippen LogP) is 3.04. The van der Waals surface area contributed by atoms with Gasteiger partial charge in [0, 0.05) is 12.1 Å². The number of nitrogens with one attached hydrogen (secondary N) is 1. The first-order valence-corrected chi connectivity index (χ1v) is 6.89. The molecule has 1 N–H and O–H groups in total. The second kappa shape index (κ2) is 5.48. The SMILES string of the molecule is COc1ccc(C(=O)c2cccc3c2OCCN3)c(C)c1. The lowest BCUT2D eigenvalue weighted by Crippen LogP contribution is -2.20. The summed E-state index contributed by atoms with van der Waals surface area (Å²) in [6.07, 6.45) is 0. The van der Waals surface area contributed by atoms with Gasteiger partial charge in [0.05, 0.1) is 18.4 Å². The number of anilines is 1. The zero-order valence-electron chi connectivity index (χ0n) is 12.1. The monoisotopic (exact) mass is 283 g/mol. The molecule has 3 rings (SSSR count). The van der Waals surface area contributed by atoms with Crippen LogP contribution in [0.25, 0.3) is 0 Å². The van der Waals surface area contributed by atoms with Crippen molar-refractivity contribution in [1.29, 1.82) is 0 Å². The van der Waals surface area contributed by atoms with Crippen LogP contribution in [0.2, 0.25) is 0 Å². The van der Waals surface area contributed by atoms with Gasteiger partial charge in [-0.1, -0.05) is 6.07 Å². The van der Waals surface area contributed by atoms with Gasteiger partial charge in [-0.15, -0.1) is 0 Å². The van der Waals surface area contributed by atoms with Crippen LogP contribution in [0.5, 0.6) is 11.5 Å². The summed E-state index contributed by atoms with van der Waals surface area (Å²) in [7, 11) is 1.61. The van der Waals surface area contributed by atoms with Gasteiger partial charge >= 0.3 is 0 Å². The smallest absolute Gasteiger partial charge is 0.197 e. The number of rotatable bonds is 3. The maximum absolute atomic E-state index is 12.8. The summed E-state index contributed by atoms with van der Waals surface area (Å²) in [5.74, 6) is 1.36. The topological polar surface area (TPSA) is 47.6 Å². The fourth-order valence-electron chi connectivity index (χ4n) is 2.51. The first-order chi connectivity index (χ1) is 10.2. The molecule has 0 radical (unpaired) electrons. The fourth-order valence-corrected chi connectivity index (χ4v) is 2.51. The van der Waals surface area contributed by atoms with Gasteiger partial charge in [-0.25, -0.2) is 0 Å². The molecule has 1 aliphatic heterocycles. The minimum Gasteiger partial charge on any atom is -0.497 e. The number of aryl methyl sites for hydroxylation is 1. The summed E-state index contributed by atoms with van der Waals surface area (Å²) >= 11 is 0. The van der Waals surface area contributed by atoms with Crippen LogP contribution < -0.4 is 14.8 Å². The number of hydrogen-bond acceptors (Lipinski definition) is 4. The van der Waals surface area contributed by atoms with Crippen molar-refractivity contribution in [3.8, 4) is 11.5 Å². The van der Waals surface area contributed by atoms with Crippen molar-refractivity contribution < 1.29 is 14.3 Å². The molecule has 1 heterocycles. The maximum atomic E-state index is 12.8. The van der Waals surface area contributed by atoms with Crippen LogP contribution in [0.3, 0.4) is 0 Å². The van der Waals surface area contributed by atoms with Crippen molar-refractivity contribution in [2.75, 3.05) is 25.6 Å². The van der Waals surface area contributed by atoms with E-state index in [-0.39, 0.29) is 5.78 Å². The van der Waals surface area contributed by atoms with E-state index in [0.29, 0.717) is 23.5 Å². The Balaban J connectivity index is 2.03. The number of ether oxygens (including phenoxy) is 2. The molecule has 2 aromatic carbocycles. The van der Waals surface area contributed by atoms with Gasteiger partial charge in [-0.2, -0.15) is 0 Å². The molecule has 0 atom stereocenters. The van der Waals surface area contributed by atoms with Crippen molar-refractivity contribution in [2.45, 2.75) is 6.92 Å². The maximum Gasteiger partial charge on any atom is 0.197 e. The van der Waals surface area contributed by atoms with Crippen LogP contribution in [-0.4, -0.2) is 26.0 Å². The average molecular weight is 283 g/mol. The van der Waals surface area contributed by atoms with Crippen molar-refractivity contribution in [1.82, 2.24) is 0 Å². The molecule has 0 aromatic heterocycles. The normalized spacial score (nSPS) is 12.9. The fraction of sp³-hybridized carbons (Fsp3) is 0.235. The van der Waals surface area contributed by atoms with E-state index < -0.39 is 0 Å². The van der Waals surface area contributed by atoms with Crippen LogP contribution in [-0.2, 0) is 0 Å². The Kier molecular flexibility index (Phi) is 3.52. The average Bonchev–Trinajstić information content (AvgIpc) is 2.53. The van der Waals surface area contributed by atoms with Gasteiger partial charge < -0.3 is 14.8 Å². The zero-order chi connectivity index (χ0) is 14.8. The summed E-state index contributed by atoms with van der Waals surface area (Å²) in [4.78, 5) is 12.8. The lowest BCUT2D eigenvalue weighted by Gasteiger charge is -2.21. The Bertz CT molecular complexity index is 694. The van der Waals surface area contributed by atoms with Crippen molar-refractivity contribution in [3.05, 3.63) is 53.1 Å². The summed E-state index contributed by atoms with van der Waals surface area (Å²) in [6.45, 7) is 3.23. The number of hydrogen-bond donors (Lipinski definition) is 1. The summed E-state index contributed by atoms with van der Waals surface area (Å²) in [6, 6.07) is 11.1. The molecule has 21 heavy (non-hydrogen) atoms. The van der Waals surface area contributed by atoms with Crippen molar-refractivity contribution >= 4 is 11.5 Å². The molecule has 0 spiro atoms. The van der Waals surface area contributed by atoms with E-state index in [0.717, 1.165) is 23.5 Å². The molecule has 0 aliphatic carbocycles. The highest BCUT2D eigenvalue weighted by Gasteiger charge is 2.21. The lowest BCUT2D eigenvalue weighted by atomic mass is 9.97. The predicted molar refractivity (Wildman–Crippen MR) is 81.6 cm³/mol. The number of methoxy groups -OCH3 is 1. The van der Waals surface area contributed by atoms with Gasteiger partial charge in [0.15, 0.2) is 11.5 Å². The Labute approximate surface area is 123 Å². The number of carbonyl (C=O) groups excluding carboxylic acids is 1. The number of fused-ring (bicyclic) bond motifs is 1. The molecule has 4 nitrogen and oxygen atoms in total. The molecule has 0 amide bonds. The van der Waals surface area contributed by atoms with Crippen LogP contribution in [0.4, 0.5) is 5.69 Å². The van der Waals surface area contributed by atoms with Gasteiger partial charge in [-0.3, -0.25) is 4.79 Å². The van der Waals surface area contributed by atoms with E-state index in [9.17, 15) is 4.79 Å². The highest BCUT2D eigenvalue weighted by Crippen LogP contribution is 2.33. The standard InChI is InChI=1S/C17H17NO3/c1-11-10-12(20-2)6-7-13(11)16(19)14-4-3-5-15-17(14)21-9-8-18-15/h3-7,10,18H,8-9H2,1-2H3. The molecule has 0 saturated carbocycles. The van der Waals surface area contributed by atoms with Gasteiger partial charge in [0.25, 0.3) is 0 Å². The number of para-hydroxylation sites is 1. The minimum absolute atomic E-state index is 0.0318. The number of ketones is 1. The Morgan fingerprint density at radius 2 is 2.10 bits per heavy atom. The highest BCUT2D eigenvalue weighted by molar-refractivity contribution is 6.12. The molecule has 0 fully saturated rings. The second-order valence-electron chi connectivity index (χ2n) is 4.97. The lowest BCUT2D eigenvalue weighted by molar-refractivity contribution is 0.103. The van der Waals surface area contributed by atoms with Crippen LogP contribution in [0, 0.1) is 6.92 Å². The van der Waals surface area contributed by atoms with Gasteiger partial charge in [0.1, 0.15) is 12.4 Å². The molecule has 0 saturated heterocycles. The van der Waals surface area contributed by atoms with Gasteiger partial charge in [0.2, 0.25) is 0 Å². The zero-order valence-corrected chi connectivity index (χ0v) is 12.1. The van der Waals surface area contributed by atoms with E-state index >= 15 is 0 Å². The quantitative estimate of drug-likeness (QED) is 0.880. The first-order valence-electron chi connectivity index (χ1n) is 6.89. The molecule has 2 aromatic rings. The van der Waals surface area contributed by atoms with Gasteiger partial charge in [-0.05, 0) is 42.8 Å².